The third-order valence-electron chi connectivity index (χ3n) is 2.42. The van der Waals surface area contributed by atoms with E-state index in [1.807, 2.05) is 12.3 Å². The lowest BCUT2D eigenvalue weighted by Crippen LogP contribution is -2.14. The summed E-state index contributed by atoms with van der Waals surface area (Å²) in [6.07, 6.45) is 0.571. The number of benzene rings is 1. The molecule has 0 aliphatic heterocycles. The van der Waals surface area contributed by atoms with Crippen LogP contribution >= 0.6 is 22.9 Å². The van der Waals surface area contributed by atoms with Crippen LogP contribution in [0.15, 0.2) is 23.6 Å². The Hall–Kier alpha value is -0.970. The topological polar surface area (TPSA) is 38.9 Å². The lowest BCUT2D eigenvalue weighted by atomic mass is 10.0. The number of thiazole rings is 1. The first-order valence-corrected chi connectivity index (χ1v) is 6.43. The number of rotatable bonds is 3. The number of nitrogens with zero attached hydrogens (tertiary/aromatic N) is 1. The van der Waals surface area contributed by atoms with Gasteiger partial charge >= 0.3 is 0 Å². The number of aromatic nitrogens is 1. The van der Waals surface area contributed by atoms with E-state index in [0.717, 1.165) is 10.7 Å². The number of nitrogens with two attached hydrogens (primary N) is 1. The van der Waals surface area contributed by atoms with Gasteiger partial charge in [-0.25, -0.2) is 9.37 Å². The average Bonchev–Trinajstić information content (AvgIpc) is 2.67. The van der Waals surface area contributed by atoms with E-state index < -0.39 is 0 Å². The van der Waals surface area contributed by atoms with Crippen molar-refractivity contribution in [2.24, 2.45) is 5.73 Å². The van der Waals surface area contributed by atoms with Crippen molar-refractivity contribution in [1.29, 1.82) is 0 Å². The quantitative estimate of drug-likeness (QED) is 0.927. The maximum atomic E-state index is 13.1. The van der Waals surface area contributed by atoms with Crippen LogP contribution in [0, 0.1) is 12.7 Å². The first kappa shape index (κ1) is 12.5. The maximum Gasteiger partial charge on any atom is 0.123 e. The smallest absolute Gasteiger partial charge is 0.123 e. The SMILES string of the molecule is Cc1csc(CC(N)c2cc(F)ccc2Cl)n1. The Bertz CT molecular complexity index is 527. The lowest BCUT2D eigenvalue weighted by Gasteiger charge is -2.12. The largest absolute Gasteiger partial charge is 0.324 e. The molecular formula is C12H12ClFN2S. The summed E-state index contributed by atoms with van der Waals surface area (Å²) in [5.74, 6) is -0.324. The number of hydrogen-bond donors (Lipinski definition) is 1. The summed E-state index contributed by atoms with van der Waals surface area (Å²) in [5, 5.41) is 3.40. The molecule has 1 aromatic carbocycles. The van der Waals surface area contributed by atoms with Crippen molar-refractivity contribution < 1.29 is 4.39 Å². The molecule has 1 unspecified atom stereocenters. The fourth-order valence-corrected chi connectivity index (χ4v) is 2.68. The Morgan fingerprint density at radius 2 is 2.29 bits per heavy atom. The summed E-state index contributed by atoms with van der Waals surface area (Å²) in [4.78, 5) is 4.33. The van der Waals surface area contributed by atoms with Gasteiger partial charge in [-0.1, -0.05) is 11.6 Å². The van der Waals surface area contributed by atoms with Crippen LogP contribution in [-0.2, 0) is 6.42 Å². The van der Waals surface area contributed by atoms with Gasteiger partial charge in [-0.3, -0.25) is 0 Å². The summed E-state index contributed by atoms with van der Waals surface area (Å²) < 4.78 is 13.1. The standard InChI is InChI=1S/C12H12ClFN2S/c1-7-6-17-12(16-7)5-11(15)9-4-8(14)2-3-10(9)13/h2-4,6,11H,5,15H2,1H3. The Morgan fingerprint density at radius 1 is 1.53 bits per heavy atom. The van der Waals surface area contributed by atoms with Gasteiger partial charge in [0.15, 0.2) is 0 Å². The highest BCUT2D eigenvalue weighted by atomic mass is 35.5. The molecule has 90 valence electrons. The molecule has 0 fully saturated rings. The van der Waals surface area contributed by atoms with Crippen LogP contribution in [0.1, 0.15) is 22.3 Å². The summed E-state index contributed by atoms with van der Waals surface area (Å²) in [5.41, 5.74) is 7.62. The number of aryl methyl sites for hydroxylation is 1. The van der Waals surface area contributed by atoms with Crippen molar-refractivity contribution in [3.8, 4) is 0 Å². The third kappa shape index (κ3) is 3.03. The van der Waals surface area contributed by atoms with Crippen molar-refractivity contribution in [3.05, 3.63) is 50.7 Å². The van der Waals surface area contributed by atoms with Crippen LogP contribution in [0.5, 0.6) is 0 Å². The first-order chi connectivity index (χ1) is 8.06. The molecule has 0 saturated heterocycles. The lowest BCUT2D eigenvalue weighted by molar-refractivity contribution is 0.618. The molecule has 0 saturated carbocycles. The molecule has 2 rings (SSSR count). The van der Waals surface area contributed by atoms with E-state index in [0.29, 0.717) is 17.0 Å². The van der Waals surface area contributed by atoms with Crippen LogP contribution in [0.25, 0.3) is 0 Å². The van der Waals surface area contributed by atoms with Gasteiger partial charge in [0.25, 0.3) is 0 Å². The highest BCUT2D eigenvalue weighted by Crippen LogP contribution is 2.25. The second-order valence-electron chi connectivity index (χ2n) is 3.86. The fraction of sp³-hybridized carbons (Fsp3) is 0.250. The van der Waals surface area contributed by atoms with E-state index in [4.69, 9.17) is 17.3 Å². The maximum absolute atomic E-state index is 13.1. The predicted octanol–water partition coefficient (Wildman–Crippen LogP) is 3.49. The van der Waals surface area contributed by atoms with Crippen molar-refractivity contribution in [2.45, 2.75) is 19.4 Å². The van der Waals surface area contributed by atoms with Gasteiger partial charge in [0.1, 0.15) is 5.82 Å². The fourth-order valence-electron chi connectivity index (χ4n) is 1.59. The minimum Gasteiger partial charge on any atom is -0.324 e. The molecule has 0 aliphatic rings. The molecule has 0 aliphatic carbocycles. The molecule has 2 aromatic rings. The Kier molecular flexibility index (Phi) is 3.76. The third-order valence-corrected chi connectivity index (χ3v) is 3.75. The number of hydrogen-bond acceptors (Lipinski definition) is 3. The summed E-state index contributed by atoms with van der Waals surface area (Å²) in [6.45, 7) is 1.93. The monoisotopic (exact) mass is 270 g/mol. The molecule has 1 atom stereocenters. The van der Waals surface area contributed by atoms with Crippen molar-refractivity contribution >= 4 is 22.9 Å². The van der Waals surface area contributed by atoms with Crippen LogP contribution in [-0.4, -0.2) is 4.98 Å². The van der Waals surface area contributed by atoms with E-state index in [-0.39, 0.29) is 11.9 Å². The Morgan fingerprint density at radius 3 is 2.94 bits per heavy atom. The van der Waals surface area contributed by atoms with Crippen LogP contribution in [0.4, 0.5) is 4.39 Å². The van der Waals surface area contributed by atoms with E-state index in [9.17, 15) is 4.39 Å². The summed E-state index contributed by atoms with van der Waals surface area (Å²) in [7, 11) is 0. The molecule has 0 radical (unpaired) electrons. The second-order valence-corrected chi connectivity index (χ2v) is 5.21. The Balaban J connectivity index is 2.19. The van der Waals surface area contributed by atoms with Gasteiger partial charge in [-0.05, 0) is 30.7 Å². The normalized spacial score (nSPS) is 12.7. The molecule has 2 N–H and O–H groups in total. The van der Waals surface area contributed by atoms with E-state index >= 15 is 0 Å². The molecule has 1 aromatic heterocycles. The van der Waals surface area contributed by atoms with Gasteiger partial charge in [0.05, 0.1) is 5.01 Å². The molecule has 1 heterocycles. The van der Waals surface area contributed by atoms with Crippen LogP contribution < -0.4 is 5.73 Å². The van der Waals surface area contributed by atoms with Crippen molar-refractivity contribution in [2.75, 3.05) is 0 Å². The Labute approximate surface area is 108 Å². The molecule has 0 spiro atoms. The summed E-state index contributed by atoms with van der Waals surface area (Å²) >= 11 is 7.55. The first-order valence-electron chi connectivity index (χ1n) is 5.18. The average molecular weight is 271 g/mol. The summed E-state index contributed by atoms with van der Waals surface area (Å²) in [6, 6.07) is 3.91. The molecule has 17 heavy (non-hydrogen) atoms. The zero-order chi connectivity index (χ0) is 12.4. The van der Waals surface area contributed by atoms with Crippen LogP contribution in [0.3, 0.4) is 0 Å². The van der Waals surface area contributed by atoms with E-state index in [1.54, 1.807) is 11.3 Å². The van der Waals surface area contributed by atoms with Gasteiger partial charge < -0.3 is 5.73 Å². The highest BCUT2D eigenvalue weighted by molar-refractivity contribution is 7.09. The molecule has 0 bridgehead atoms. The minimum absolute atomic E-state index is 0.324. The molecule has 2 nitrogen and oxygen atoms in total. The minimum atomic E-state index is -0.330. The van der Waals surface area contributed by atoms with E-state index in [1.165, 1.54) is 18.2 Å². The van der Waals surface area contributed by atoms with Gasteiger partial charge in [-0.2, -0.15) is 0 Å². The number of halogens is 2. The molecular weight excluding hydrogens is 259 g/mol. The van der Waals surface area contributed by atoms with Gasteiger partial charge in [0.2, 0.25) is 0 Å². The zero-order valence-corrected chi connectivity index (χ0v) is 10.9. The van der Waals surface area contributed by atoms with Crippen molar-refractivity contribution in [3.63, 3.8) is 0 Å². The van der Waals surface area contributed by atoms with Gasteiger partial charge in [0, 0.05) is 28.6 Å². The van der Waals surface area contributed by atoms with Crippen molar-refractivity contribution in [1.82, 2.24) is 4.98 Å². The van der Waals surface area contributed by atoms with Crippen LogP contribution in [0.2, 0.25) is 5.02 Å². The molecule has 0 amide bonds. The van der Waals surface area contributed by atoms with E-state index in [2.05, 4.69) is 4.98 Å². The van der Waals surface area contributed by atoms with Gasteiger partial charge in [-0.15, -0.1) is 11.3 Å². The predicted molar refractivity (Wildman–Crippen MR) is 68.9 cm³/mol. The highest BCUT2D eigenvalue weighted by Gasteiger charge is 2.13. The molecule has 5 heteroatoms. The zero-order valence-electron chi connectivity index (χ0n) is 9.28. The second kappa shape index (κ2) is 5.12.